The van der Waals surface area contributed by atoms with Crippen molar-refractivity contribution in [2.45, 2.75) is 20.3 Å². The van der Waals surface area contributed by atoms with Crippen molar-refractivity contribution in [1.29, 1.82) is 0 Å². The molecule has 3 N–H and O–H groups in total. The lowest BCUT2D eigenvalue weighted by Crippen LogP contribution is -2.30. The molecule has 1 rings (SSSR count). The van der Waals surface area contributed by atoms with Crippen molar-refractivity contribution < 1.29 is 14.3 Å². The highest BCUT2D eigenvalue weighted by molar-refractivity contribution is 5.98. The van der Waals surface area contributed by atoms with Crippen LogP contribution in [0.25, 0.3) is 0 Å². The van der Waals surface area contributed by atoms with Gasteiger partial charge in [-0.2, -0.15) is 0 Å². The normalized spacial score (nSPS) is 10.0. The van der Waals surface area contributed by atoms with Crippen LogP contribution in [0, 0.1) is 6.92 Å². The van der Waals surface area contributed by atoms with Gasteiger partial charge in [0.05, 0.1) is 0 Å². The van der Waals surface area contributed by atoms with E-state index in [4.69, 9.17) is 4.74 Å². The van der Waals surface area contributed by atoms with Gasteiger partial charge in [0.15, 0.2) is 0 Å². The highest BCUT2D eigenvalue weighted by atomic mass is 16.5. The number of hydrogen-bond donors (Lipinski definition) is 3. The molecule has 0 aliphatic heterocycles. The van der Waals surface area contributed by atoms with Crippen molar-refractivity contribution in [1.82, 2.24) is 10.6 Å². The molecule has 0 aromatic heterocycles. The number of amides is 3. The smallest absolute Gasteiger partial charge is 0.319 e. The van der Waals surface area contributed by atoms with Crippen molar-refractivity contribution in [3.8, 4) is 0 Å². The van der Waals surface area contributed by atoms with E-state index >= 15 is 0 Å². The van der Waals surface area contributed by atoms with Crippen LogP contribution in [0.3, 0.4) is 0 Å². The number of benzene rings is 1. The summed E-state index contributed by atoms with van der Waals surface area (Å²) in [6, 6.07) is 4.94. The van der Waals surface area contributed by atoms with Gasteiger partial charge in [-0.3, -0.25) is 4.79 Å². The third-order valence-electron chi connectivity index (χ3n) is 3.01. The quantitative estimate of drug-likeness (QED) is 0.672. The van der Waals surface area contributed by atoms with Gasteiger partial charge in [0.25, 0.3) is 5.91 Å². The zero-order chi connectivity index (χ0) is 15.7. The number of hydrogen-bond acceptors (Lipinski definition) is 3. The van der Waals surface area contributed by atoms with Crippen LogP contribution in [0.2, 0.25) is 0 Å². The van der Waals surface area contributed by atoms with Crippen molar-refractivity contribution in [2.24, 2.45) is 0 Å². The molecule has 0 atom stereocenters. The molecule has 1 aromatic rings. The topological polar surface area (TPSA) is 79.5 Å². The average molecular weight is 293 g/mol. The number of anilines is 1. The summed E-state index contributed by atoms with van der Waals surface area (Å²) in [7, 11) is 1.58. The third-order valence-corrected chi connectivity index (χ3v) is 3.01. The number of ether oxygens (including phenoxy) is 1. The first-order chi connectivity index (χ1) is 10.1. The molecule has 6 nitrogen and oxygen atoms in total. The molecule has 0 aliphatic rings. The molecule has 0 unspecified atom stereocenters. The molecular formula is C15H23N3O3. The Morgan fingerprint density at radius 2 is 2.05 bits per heavy atom. The molecule has 3 amide bonds. The van der Waals surface area contributed by atoms with Crippen LogP contribution >= 0.6 is 0 Å². The van der Waals surface area contributed by atoms with Crippen molar-refractivity contribution >= 4 is 17.6 Å². The van der Waals surface area contributed by atoms with Crippen LogP contribution in [0.4, 0.5) is 10.5 Å². The second-order valence-corrected chi connectivity index (χ2v) is 4.49. The molecule has 0 saturated heterocycles. The van der Waals surface area contributed by atoms with Crippen molar-refractivity contribution in [3.05, 3.63) is 29.3 Å². The minimum atomic E-state index is -0.288. The lowest BCUT2D eigenvalue weighted by molar-refractivity contribution is 0.0962. The minimum absolute atomic E-state index is 0.173. The molecule has 0 radical (unpaired) electrons. The number of urea groups is 1. The number of carbonyl (C=O) groups is 2. The summed E-state index contributed by atoms with van der Waals surface area (Å²) in [5.74, 6) is -0.173. The van der Waals surface area contributed by atoms with Crippen molar-refractivity contribution in [3.63, 3.8) is 0 Å². The molecule has 0 aliphatic carbocycles. The Hall–Kier alpha value is -2.08. The van der Waals surface area contributed by atoms with Crippen LogP contribution in [0.15, 0.2) is 18.2 Å². The van der Waals surface area contributed by atoms with E-state index in [0.717, 1.165) is 12.0 Å². The molecule has 116 valence electrons. The predicted molar refractivity (Wildman–Crippen MR) is 82.7 cm³/mol. The van der Waals surface area contributed by atoms with E-state index in [1.54, 1.807) is 32.2 Å². The Morgan fingerprint density at radius 3 is 2.71 bits per heavy atom. The monoisotopic (exact) mass is 293 g/mol. The fraction of sp³-hybridized carbons (Fsp3) is 0.467. The second kappa shape index (κ2) is 8.97. The fourth-order valence-electron chi connectivity index (χ4n) is 1.84. The van der Waals surface area contributed by atoms with E-state index < -0.39 is 0 Å². The first-order valence-electron chi connectivity index (χ1n) is 7.04. The Bertz CT molecular complexity index is 489. The molecular weight excluding hydrogens is 270 g/mol. The number of carbonyl (C=O) groups excluding carboxylic acids is 2. The van der Waals surface area contributed by atoms with E-state index in [-0.39, 0.29) is 11.9 Å². The minimum Gasteiger partial charge on any atom is -0.382 e. The van der Waals surface area contributed by atoms with Gasteiger partial charge in [-0.25, -0.2) is 4.79 Å². The van der Waals surface area contributed by atoms with Crippen molar-refractivity contribution in [2.75, 3.05) is 32.1 Å². The summed E-state index contributed by atoms with van der Waals surface area (Å²) in [5, 5.41) is 8.07. The summed E-state index contributed by atoms with van der Waals surface area (Å²) in [6.45, 7) is 5.58. The lowest BCUT2D eigenvalue weighted by Gasteiger charge is -2.12. The Morgan fingerprint density at radius 1 is 1.29 bits per heavy atom. The Balaban J connectivity index is 2.54. The summed E-state index contributed by atoms with van der Waals surface area (Å²) < 4.78 is 5.19. The summed E-state index contributed by atoms with van der Waals surface area (Å²) in [5.41, 5.74) is 1.91. The van der Waals surface area contributed by atoms with Crippen LogP contribution in [-0.4, -0.2) is 38.7 Å². The average Bonchev–Trinajstić information content (AvgIpc) is 2.48. The van der Waals surface area contributed by atoms with Crippen LogP contribution in [0.5, 0.6) is 0 Å². The fourth-order valence-corrected chi connectivity index (χ4v) is 1.84. The van der Waals surface area contributed by atoms with Gasteiger partial charge in [-0.15, -0.1) is 0 Å². The molecule has 21 heavy (non-hydrogen) atoms. The highest BCUT2D eigenvalue weighted by Gasteiger charge is 2.11. The third kappa shape index (κ3) is 5.43. The number of rotatable bonds is 7. The zero-order valence-electron chi connectivity index (χ0n) is 12.8. The maximum absolute atomic E-state index is 11.8. The first-order valence-corrected chi connectivity index (χ1v) is 7.04. The highest BCUT2D eigenvalue weighted by Crippen LogP contribution is 2.18. The maximum Gasteiger partial charge on any atom is 0.319 e. The van der Waals surface area contributed by atoms with E-state index in [0.29, 0.717) is 31.0 Å². The lowest BCUT2D eigenvalue weighted by atomic mass is 10.1. The molecule has 0 heterocycles. The van der Waals surface area contributed by atoms with Crippen LogP contribution in [0.1, 0.15) is 29.3 Å². The molecule has 0 saturated carbocycles. The van der Waals surface area contributed by atoms with E-state index in [1.165, 1.54) is 0 Å². The maximum atomic E-state index is 11.8. The molecule has 0 spiro atoms. The van der Waals surface area contributed by atoms with Gasteiger partial charge >= 0.3 is 6.03 Å². The van der Waals surface area contributed by atoms with Crippen LogP contribution < -0.4 is 16.0 Å². The van der Waals surface area contributed by atoms with E-state index in [1.807, 2.05) is 6.92 Å². The van der Waals surface area contributed by atoms with Gasteiger partial charge in [0, 0.05) is 38.1 Å². The molecule has 0 bridgehead atoms. The van der Waals surface area contributed by atoms with Gasteiger partial charge in [0.2, 0.25) is 0 Å². The van der Waals surface area contributed by atoms with Gasteiger partial charge in [-0.1, -0.05) is 6.07 Å². The summed E-state index contributed by atoms with van der Waals surface area (Å²) in [4.78, 5) is 23.5. The summed E-state index contributed by atoms with van der Waals surface area (Å²) >= 11 is 0. The predicted octanol–water partition coefficient (Wildman–Crippen LogP) is 1.90. The van der Waals surface area contributed by atoms with E-state index in [9.17, 15) is 9.59 Å². The largest absolute Gasteiger partial charge is 0.382 e. The molecule has 0 fully saturated rings. The van der Waals surface area contributed by atoms with Gasteiger partial charge in [0.1, 0.15) is 0 Å². The van der Waals surface area contributed by atoms with Crippen LogP contribution in [-0.2, 0) is 4.74 Å². The number of nitrogens with one attached hydrogen (secondary N) is 3. The zero-order valence-corrected chi connectivity index (χ0v) is 12.8. The summed E-state index contributed by atoms with van der Waals surface area (Å²) in [6.07, 6.45) is 0.762. The molecule has 6 heteroatoms. The SMILES string of the molecule is CCOCCCNC(=O)Nc1cccc(C(=O)NC)c1C. The van der Waals surface area contributed by atoms with E-state index in [2.05, 4.69) is 16.0 Å². The van der Waals surface area contributed by atoms with Gasteiger partial charge in [-0.05, 0) is 38.0 Å². The van der Waals surface area contributed by atoms with Gasteiger partial charge < -0.3 is 20.7 Å². The first kappa shape index (κ1) is 17.0. The second-order valence-electron chi connectivity index (χ2n) is 4.49. The standard InChI is InChI=1S/C15H23N3O3/c1-4-21-10-6-9-17-15(20)18-13-8-5-7-12(11(13)2)14(19)16-3/h5,7-8H,4,6,9-10H2,1-3H3,(H,16,19)(H2,17,18,20). The Kier molecular flexibility index (Phi) is 7.25. The Labute approximate surface area is 125 Å². The molecule has 1 aromatic carbocycles.